The topological polar surface area (TPSA) is 26.3 Å². The first kappa shape index (κ1) is 12.4. The summed E-state index contributed by atoms with van der Waals surface area (Å²) in [5.74, 6) is -0.269. The molecule has 0 amide bonds. The molecule has 1 unspecified atom stereocenters. The molecular formula is C18H11ClO2. The molecule has 0 bridgehead atoms. The third-order valence-electron chi connectivity index (χ3n) is 3.88. The average molecular weight is 295 g/mol. The SMILES string of the molecule is O=C1OC(c2ccc(Cl)c3ccccc23)c2ccccc21. The molecule has 0 saturated carbocycles. The van der Waals surface area contributed by atoms with Gasteiger partial charge in [-0.3, -0.25) is 0 Å². The van der Waals surface area contributed by atoms with E-state index in [0.717, 1.165) is 21.9 Å². The van der Waals surface area contributed by atoms with Crippen molar-refractivity contribution < 1.29 is 9.53 Å². The summed E-state index contributed by atoms with van der Waals surface area (Å²) in [5, 5.41) is 2.68. The molecule has 4 rings (SSSR count). The number of fused-ring (bicyclic) bond motifs is 2. The van der Waals surface area contributed by atoms with E-state index in [1.54, 1.807) is 6.07 Å². The van der Waals surface area contributed by atoms with E-state index in [9.17, 15) is 4.79 Å². The Morgan fingerprint density at radius 3 is 2.38 bits per heavy atom. The molecule has 21 heavy (non-hydrogen) atoms. The van der Waals surface area contributed by atoms with Gasteiger partial charge in [0.05, 0.1) is 5.56 Å². The van der Waals surface area contributed by atoms with E-state index in [1.807, 2.05) is 54.6 Å². The van der Waals surface area contributed by atoms with E-state index < -0.39 is 0 Å². The molecule has 0 fully saturated rings. The molecule has 3 aromatic rings. The van der Waals surface area contributed by atoms with Crippen LogP contribution in [0.3, 0.4) is 0 Å². The van der Waals surface area contributed by atoms with Crippen LogP contribution >= 0.6 is 11.6 Å². The van der Waals surface area contributed by atoms with Crippen molar-refractivity contribution in [1.29, 1.82) is 0 Å². The highest BCUT2D eigenvalue weighted by Crippen LogP contribution is 2.39. The summed E-state index contributed by atoms with van der Waals surface area (Å²) >= 11 is 6.26. The number of cyclic esters (lactones) is 1. The number of hydrogen-bond acceptors (Lipinski definition) is 2. The first-order valence-electron chi connectivity index (χ1n) is 6.73. The van der Waals surface area contributed by atoms with Crippen molar-refractivity contribution in [2.75, 3.05) is 0 Å². The molecule has 1 aliphatic rings. The van der Waals surface area contributed by atoms with E-state index in [0.29, 0.717) is 10.6 Å². The Morgan fingerprint density at radius 1 is 0.810 bits per heavy atom. The summed E-state index contributed by atoms with van der Waals surface area (Å²) in [7, 11) is 0. The van der Waals surface area contributed by atoms with Crippen molar-refractivity contribution in [3.8, 4) is 0 Å². The molecule has 0 saturated heterocycles. The molecule has 1 heterocycles. The molecular weight excluding hydrogens is 284 g/mol. The van der Waals surface area contributed by atoms with Crippen molar-refractivity contribution >= 4 is 28.3 Å². The maximum atomic E-state index is 12.0. The zero-order valence-electron chi connectivity index (χ0n) is 11.0. The van der Waals surface area contributed by atoms with Gasteiger partial charge in [-0.1, -0.05) is 60.1 Å². The second-order valence-corrected chi connectivity index (χ2v) is 5.46. The van der Waals surface area contributed by atoms with Gasteiger partial charge in [-0.2, -0.15) is 0 Å². The van der Waals surface area contributed by atoms with Crippen LogP contribution in [0.25, 0.3) is 10.8 Å². The molecule has 3 aromatic carbocycles. The number of halogens is 1. The minimum atomic E-state index is -0.365. The van der Waals surface area contributed by atoms with Crippen molar-refractivity contribution in [3.63, 3.8) is 0 Å². The van der Waals surface area contributed by atoms with E-state index in [-0.39, 0.29) is 12.1 Å². The second-order valence-electron chi connectivity index (χ2n) is 5.05. The number of hydrogen-bond donors (Lipinski definition) is 0. The molecule has 1 atom stereocenters. The van der Waals surface area contributed by atoms with Crippen LogP contribution in [-0.4, -0.2) is 5.97 Å². The summed E-state index contributed by atoms with van der Waals surface area (Å²) in [4.78, 5) is 12.0. The quantitative estimate of drug-likeness (QED) is 0.605. The number of ether oxygens (including phenoxy) is 1. The number of carbonyl (C=O) groups excluding carboxylic acids is 1. The van der Waals surface area contributed by atoms with Crippen LogP contribution in [0.4, 0.5) is 0 Å². The van der Waals surface area contributed by atoms with E-state index in [2.05, 4.69) is 0 Å². The van der Waals surface area contributed by atoms with Gasteiger partial charge in [0.15, 0.2) is 6.10 Å². The first-order chi connectivity index (χ1) is 10.3. The number of carbonyl (C=O) groups is 1. The largest absolute Gasteiger partial charge is 0.449 e. The van der Waals surface area contributed by atoms with Gasteiger partial charge >= 0.3 is 5.97 Å². The molecule has 3 heteroatoms. The van der Waals surface area contributed by atoms with Gasteiger partial charge in [0.1, 0.15) is 0 Å². The summed E-state index contributed by atoms with van der Waals surface area (Å²) in [6.07, 6.45) is -0.365. The lowest BCUT2D eigenvalue weighted by Gasteiger charge is -2.14. The summed E-state index contributed by atoms with van der Waals surface area (Å²) in [5.41, 5.74) is 2.52. The highest BCUT2D eigenvalue weighted by atomic mass is 35.5. The monoisotopic (exact) mass is 294 g/mol. The number of rotatable bonds is 1. The Morgan fingerprint density at radius 2 is 1.52 bits per heavy atom. The first-order valence-corrected chi connectivity index (χ1v) is 7.10. The van der Waals surface area contributed by atoms with Crippen LogP contribution < -0.4 is 0 Å². The van der Waals surface area contributed by atoms with Gasteiger partial charge in [-0.05, 0) is 17.5 Å². The molecule has 0 aliphatic carbocycles. The zero-order chi connectivity index (χ0) is 14.4. The van der Waals surface area contributed by atoms with Gasteiger partial charge in [-0.25, -0.2) is 4.79 Å². The molecule has 0 aromatic heterocycles. The Hall–Kier alpha value is -2.32. The molecule has 0 N–H and O–H groups in total. The fourth-order valence-electron chi connectivity index (χ4n) is 2.89. The van der Waals surface area contributed by atoms with E-state index in [4.69, 9.17) is 16.3 Å². The second kappa shape index (κ2) is 4.61. The zero-order valence-corrected chi connectivity index (χ0v) is 11.8. The fraction of sp³-hybridized carbons (Fsp3) is 0.0556. The third kappa shape index (κ3) is 1.83. The van der Waals surface area contributed by atoms with Gasteiger partial charge in [-0.15, -0.1) is 0 Å². The van der Waals surface area contributed by atoms with Crippen LogP contribution in [0.1, 0.15) is 27.6 Å². The summed E-state index contributed by atoms with van der Waals surface area (Å²) in [6.45, 7) is 0. The highest BCUT2D eigenvalue weighted by molar-refractivity contribution is 6.35. The molecule has 2 nitrogen and oxygen atoms in total. The number of esters is 1. The predicted molar refractivity (Wildman–Crippen MR) is 82.7 cm³/mol. The number of benzene rings is 3. The highest BCUT2D eigenvalue weighted by Gasteiger charge is 2.32. The van der Waals surface area contributed by atoms with E-state index >= 15 is 0 Å². The molecule has 0 radical (unpaired) electrons. The lowest BCUT2D eigenvalue weighted by molar-refractivity contribution is 0.0458. The van der Waals surface area contributed by atoms with E-state index in [1.165, 1.54) is 0 Å². The lowest BCUT2D eigenvalue weighted by Crippen LogP contribution is -2.01. The Labute approximate surface area is 126 Å². The molecule has 102 valence electrons. The maximum absolute atomic E-state index is 12.0. The normalized spacial score (nSPS) is 16.8. The van der Waals surface area contributed by atoms with Crippen LogP contribution in [0.5, 0.6) is 0 Å². The Balaban J connectivity index is 1.97. The van der Waals surface area contributed by atoms with Crippen molar-refractivity contribution in [1.82, 2.24) is 0 Å². The van der Waals surface area contributed by atoms with Gasteiger partial charge in [0.25, 0.3) is 0 Å². The third-order valence-corrected chi connectivity index (χ3v) is 4.20. The molecule has 1 aliphatic heterocycles. The molecule has 0 spiro atoms. The smallest absolute Gasteiger partial charge is 0.339 e. The fourth-order valence-corrected chi connectivity index (χ4v) is 3.12. The lowest BCUT2D eigenvalue weighted by atomic mass is 9.95. The summed E-state index contributed by atoms with van der Waals surface area (Å²) in [6, 6.07) is 19.2. The van der Waals surface area contributed by atoms with Crippen LogP contribution in [-0.2, 0) is 4.74 Å². The Kier molecular flexibility index (Phi) is 2.72. The minimum Gasteiger partial charge on any atom is -0.449 e. The van der Waals surface area contributed by atoms with Crippen molar-refractivity contribution in [2.24, 2.45) is 0 Å². The van der Waals surface area contributed by atoms with Crippen molar-refractivity contribution in [3.05, 3.63) is 82.4 Å². The standard InChI is InChI=1S/C18H11ClO2/c19-16-10-9-14(11-5-1-2-6-12(11)16)17-13-7-3-4-8-15(13)18(20)21-17/h1-10,17H. The van der Waals surface area contributed by atoms with Crippen LogP contribution in [0, 0.1) is 0 Å². The van der Waals surface area contributed by atoms with Gasteiger partial charge < -0.3 is 4.74 Å². The van der Waals surface area contributed by atoms with Crippen molar-refractivity contribution in [2.45, 2.75) is 6.10 Å². The minimum absolute atomic E-state index is 0.269. The maximum Gasteiger partial charge on any atom is 0.339 e. The average Bonchev–Trinajstić information content (AvgIpc) is 2.86. The van der Waals surface area contributed by atoms with Gasteiger partial charge in [0, 0.05) is 21.5 Å². The van der Waals surface area contributed by atoms with Crippen LogP contribution in [0.15, 0.2) is 60.7 Å². The van der Waals surface area contributed by atoms with Gasteiger partial charge in [0.2, 0.25) is 0 Å². The Bertz CT molecular complexity index is 870. The van der Waals surface area contributed by atoms with Crippen LogP contribution in [0.2, 0.25) is 5.02 Å². The summed E-state index contributed by atoms with van der Waals surface area (Å²) < 4.78 is 5.58. The predicted octanol–water partition coefficient (Wildman–Crippen LogP) is 4.75.